The molecule has 3 rings (SSSR count). The van der Waals surface area contributed by atoms with Crippen molar-refractivity contribution in [3.8, 4) is 17.2 Å². The van der Waals surface area contributed by atoms with E-state index in [1.807, 2.05) is 65.7 Å². The summed E-state index contributed by atoms with van der Waals surface area (Å²) in [6.07, 6.45) is 0.162. The molecule has 6 nitrogen and oxygen atoms in total. The fraction of sp³-hybridized carbons (Fsp3) is 0.208. The Morgan fingerprint density at radius 3 is 1.90 bits per heavy atom. The molecule has 0 aromatic heterocycles. The summed E-state index contributed by atoms with van der Waals surface area (Å²) in [5, 5.41) is 1.84. The lowest BCUT2D eigenvalue weighted by Gasteiger charge is -2.25. The average Bonchev–Trinajstić information content (AvgIpc) is 2.79. The summed E-state index contributed by atoms with van der Waals surface area (Å²) in [6.45, 7) is 0.547. The number of hydrogen-bond acceptors (Lipinski definition) is 5. The second-order valence-electron chi connectivity index (χ2n) is 6.65. The lowest BCUT2D eigenvalue weighted by atomic mass is 10.1. The zero-order valence-corrected chi connectivity index (χ0v) is 17.4. The van der Waals surface area contributed by atoms with Gasteiger partial charge in [0.2, 0.25) is 11.7 Å². The largest absolute Gasteiger partial charge is 0.493 e. The Morgan fingerprint density at radius 2 is 1.37 bits per heavy atom. The van der Waals surface area contributed by atoms with Gasteiger partial charge in [-0.3, -0.25) is 15.2 Å². The maximum Gasteiger partial charge on any atom is 0.242 e. The van der Waals surface area contributed by atoms with E-state index in [-0.39, 0.29) is 12.3 Å². The Hall–Kier alpha value is -3.67. The molecule has 6 heteroatoms. The molecule has 0 saturated carbocycles. The second-order valence-corrected chi connectivity index (χ2v) is 6.65. The Morgan fingerprint density at radius 1 is 0.800 bits per heavy atom. The van der Waals surface area contributed by atoms with Crippen molar-refractivity contribution < 1.29 is 19.0 Å². The first kappa shape index (κ1) is 21.0. The van der Waals surface area contributed by atoms with Gasteiger partial charge in [-0.1, -0.05) is 48.5 Å². The summed E-state index contributed by atoms with van der Waals surface area (Å²) < 4.78 is 16.1. The summed E-state index contributed by atoms with van der Waals surface area (Å²) >= 11 is 0. The number of benzene rings is 3. The fourth-order valence-corrected chi connectivity index (χ4v) is 3.18. The van der Waals surface area contributed by atoms with E-state index in [0.29, 0.717) is 23.8 Å². The number of carbonyl (C=O) groups excluding carboxylic acids is 1. The molecule has 1 N–H and O–H groups in total. The van der Waals surface area contributed by atoms with Crippen LogP contribution in [0.4, 0.5) is 5.69 Å². The van der Waals surface area contributed by atoms with Crippen LogP contribution in [0, 0.1) is 0 Å². The number of carbonyl (C=O) groups is 1. The van der Waals surface area contributed by atoms with E-state index in [2.05, 4.69) is 5.43 Å². The van der Waals surface area contributed by atoms with Crippen LogP contribution in [0.15, 0.2) is 72.8 Å². The van der Waals surface area contributed by atoms with Gasteiger partial charge in [0, 0.05) is 0 Å². The highest BCUT2D eigenvalue weighted by Gasteiger charge is 2.16. The number of hydrazine groups is 1. The van der Waals surface area contributed by atoms with E-state index in [4.69, 9.17) is 14.2 Å². The van der Waals surface area contributed by atoms with Gasteiger partial charge in [0.1, 0.15) is 0 Å². The molecule has 30 heavy (non-hydrogen) atoms. The number of nitrogens with one attached hydrogen (secondary N) is 1. The molecule has 3 aromatic rings. The third-order valence-electron chi connectivity index (χ3n) is 4.60. The van der Waals surface area contributed by atoms with E-state index < -0.39 is 0 Å². The van der Waals surface area contributed by atoms with Gasteiger partial charge in [0.25, 0.3) is 0 Å². The van der Waals surface area contributed by atoms with Crippen LogP contribution < -0.4 is 24.6 Å². The molecule has 156 valence electrons. The minimum absolute atomic E-state index is 0.149. The van der Waals surface area contributed by atoms with Gasteiger partial charge in [0.05, 0.1) is 40.0 Å². The number of methoxy groups -OCH3 is 3. The minimum atomic E-state index is -0.149. The van der Waals surface area contributed by atoms with Crippen LogP contribution in [0.25, 0.3) is 0 Å². The number of para-hydroxylation sites is 1. The molecule has 0 unspecified atom stereocenters. The molecule has 0 radical (unpaired) electrons. The first-order valence-electron chi connectivity index (χ1n) is 9.59. The van der Waals surface area contributed by atoms with E-state index in [1.54, 1.807) is 33.5 Å². The highest BCUT2D eigenvalue weighted by atomic mass is 16.5. The zero-order chi connectivity index (χ0) is 21.3. The molecule has 0 spiro atoms. The molecule has 1 amide bonds. The average molecular weight is 406 g/mol. The number of rotatable bonds is 9. The van der Waals surface area contributed by atoms with Gasteiger partial charge in [-0.05, 0) is 35.4 Å². The highest BCUT2D eigenvalue weighted by molar-refractivity contribution is 5.80. The van der Waals surface area contributed by atoms with Gasteiger partial charge in [-0.2, -0.15) is 0 Å². The van der Waals surface area contributed by atoms with Crippen molar-refractivity contribution in [2.24, 2.45) is 0 Å². The van der Waals surface area contributed by atoms with E-state index in [9.17, 15) is 4.79 Å². The second kappa shape index (κ2) is 10.2. The van der Waals surface area contributed by atoms with Crippen LogP contribution in [-0.2, 0) is 17.8 Å². The van der Waals surface area contributed by atoms with Crippen molar-refractivity contribution in [2.45, 2.75) is 13.0 Å². The van der Waals surface area contributed by atoms with Gasteiger partial charge < -0.3 is 14.2 Å². The Bertz CT molecular complexity index is 936. The molecular formula is C24H26N2O4. The molecule has 3 aromatic carbocycles. The summed E-state index contributed by atoms with van der Waals surface area (Å²) in [6, 6.07) is 23.3. The smallest absolute Gasteiger partial charge is 0.242 e. The molecule has 0 bridgehead atoms. The normalized spacial score (nSPS) is 10.2. The molecule has 0 heterocycles. The first-order chi connectivity index (χ1) is 14.6. The highest BCUT2D eigenvalue weighted by Crippen LogP contribution is 2.38. The van der Waals surface area contributed by atoms with Crippen molar-refractivity contribution >= 4 is 11.6 Å². The third kappa shape index (κ3) is 5.23. The number of anilines is 1. The number of amides is 1. The predicted molar refractivity (Wildman–Crippen MR) is 117 cm³/mol. The standard InChI is InChI=1S/C24H26N2O4/c1-28-21-14-19(15-22(29-2)24(21)30-3)16-23(27)25-26(20-12-8-5-9-13-20)17-18-10-6-4-7-11-18/h4-15H,16-17H2,1-3H3,(H,25,27). The van der Waals surface area contributed by atoms with E-state index in [0.717, 1.165) is 16.8 Å². The van der Waals surface area contributed by atoms with Crippen LogP contribution in [-0.4, -0.2) is 27.2 Å². The topological polar surface area (TPSA) is 60.0 Å². The number of nitrogens with zero attached hydrogens (tertiary/aromatic N) is 1. The van der Waals surface area contributed by atoms with Crippen LogP contribution in [0.5, 0.6) is 17.2 Å². The van der Waals surface area contributed by atoms with Crippen molar-refractivity contribution in [1.29, 1.82) is 0 Å². The maximum atomic E-state index is 12.9. The molecule has 0 atom stereocenters. The monoisotopic (exact) mass is 406 g/mol. The lowest BCUT2D eigenvalue weighted by molar-refractivity contribution is -0.120. The number of ether oxygens (including phenoxy) is 3. The van der Waals surface area contributed by atoms with Crippen molar-refractivity contribution in [2.75, 3.05) is 26.3 Å². The van der Waals surface area contributed by atoms with Crippen molar-refractivity contribution in [1.82, 2.24) is 5.43 Å². The Balaban J connectivity index is 1.79. The summed E-state index contributed by atoms with van der Waals surface area (Å²) in [4.78, 5) is 12.9. The third-order valence-corrected chi connectivity index (χ3v) is 4.60. The molecule has 0 aliphatic heterocycles. The first-order valence-corrected chi connectivity index (χ1v) is 9.59. The Labute approximate surface area is 177 Å². The fourth-order valence-electron chi connectivity index (χ4n) is 3.18. The molecular weight excluding hydrogens is 380 g/mol. The quantitative estimate of drug-likeness (QED) is 0.545. The van der Waals surface area contributed by atoms with Gasteiger partial charge in [-0.25, -0.2) is 0 Å². The summed E-state index contributed by atoms with van der Waals surface area (Å²) in [7, 11) is 4.66. The molecule has 0 fully saturated rings. The molecule has 0 saturated heterocycles. The summed E-state index contributed by atoms with van der Waals surface area (Å²) in [5.74, 6) is 1.39. The van der Waals surface area contributed by atoms with Gasteiger partial charge in [0.15, 0.2) is 11.5 Å². The van der Waals surface area contributed by atoms with E-state index in [1.165, 1.54) is 0 Å². The predicted octanol–water partition coefficient (Wildman–Crippen LogP) is 3.99. The maximum absolute atomic E-state index is 12.9. The van der Waals surface area contributed by atoms with Crippen LogP contribution in [0.3, 0.4) is 0 Å². The number of hydrogen-bond donors (Lipinski definition) is 1. The SMILES string of the molecule is COc1cc(CC(=O)NN(Cc2ccccc2)c2ccccc2)cc(OC)c1OC. The zero-order valence-electron chi connectivity index (χ0n) is 17.4. The van der Waals surface area contributed by atoms with Crippen LogP contribution >= 0.6 is 0 Å². The van der Waals surface area contributed by atoms with Gasteiger partial charge in [-0.15, -0.1) is 0 Å². The minimum Gasteiger partial charge on any atom is -0.493 e. The van der Waals surface area contributed by atoms with E-state index >= 15 is 0 Å². The Kier molecular flexibility index (Phi) is 7.16. The van der Waals surface area contributed by atoms with Gasteiger partial charge >= 0.3 is 0 Å². The van der Waals surface area contributed by atoms with Crippen molar-refractivity contribution in [3.63, 3.8) is 0 Å². The van der Waals surface area contributed by atoms with Crippen LogP contribution in [0.1, 0.15) is 11.1 Å². The van der Waals surface area contributed by atoms with Crippen molar-refractivity contribution in [3.05, 3.63) is 83.9 Å². The summed E-state index contributed by atoms with van der Waals surface area (Å²) in [5.41, 5.74) is 5.77. The lowest BCUT2D eigenvalue weighted by Crippen LogP contribution is -2.42. The molecule has 0 aliphatic carbocycles. The van der Waals surface area contributed by atoms with Crippen LogP contribution in [0.2, 0.25) is 0 Å². The molecule has 0 aliphatic rings.